The number of carbonyl (C=O) groups is 2. The van der Waals surface area contributed by atoms with E-state index in [1.807, 2.05) is 18.7 Å². The maximum Gasteiger partial charge on any atom is 0.257 e. The molecule has 2 aromatic rings. The van der Waals surface area contributed by atoms with E-state index < -0.39 is 0 Å². The summed E-state index contributed by atoms with van der Waals surface area (Å²) >= 11 is 0. The van der Waals surface area contributed by atoms with E-state index in [9.17, 15) is 9.59 Å². The lowest BCUT2D eigenvalue weighted by molar-refractivity contribution is 0.0548. The summed E-state index contributed by atoms with van der Waals surface area (Å²) in [6.07, 6.45) is 4.03. The average molecular weight is 439 g/mol. The van der Waals surface area contributed by atoms with Gasteiger partial charge >= 0.3 is 0 Å². The first-order valence-electron chi connectivity index (χ1n) is 11.4. The lowest BCUT2D eigenvalue weighted by Crippen LogP contribution is -2.45. The molecule has 2 amide bonds. The molecule has 0 radical (unpaired) electrons. The largest absolute Gasteiger partial charge is 0.493 e. The zero-order valence-corrected chi connectivity index (χ0v) is 18.7. The summed E-state index contributed by atoms with van der Waals surface area (Å²) in [5.74, 6) is 1.38. The van der Waals surface area contributed by atoms with E-state index in [1.54, 1.807) is 36.4 Å². The molecule has 2 aliphatic heterocycles. The second-order valence-corrected chi connectivity index (χ2v) is 7.98. The van der Waals surface area contributed by atoms with Gasteiger partial charge in [0.25, 0.3) is 11.8 Å². The predicted octanol–water partition coefficient (Wildman–Crippen LogP) is 4.51. The number of nitrogens with one attached hydrogen (secondary N) is 1. The summed E-state index contributed by atoms with van der Waals surface area (Å²) in [7, 11) is 0. The fraction of sp³-hybridized carbons (Fsp3) is 0.440. The molecule has 0 spiro atoms. The first-order chi connectivity index (χ1) is 15.6. The summed E-state index contributed by atoms with van der Waals surface area (Å²) in [6, 6.07) is 10.6. The molecule has 1 saturated heterocycles. The molecule has 32 heavy (non-hydrogen) atoms. The van der Waals surface area contributed by atoms with Crippen molar-refractivity contribution in [3.63, 3.8) is 0 Å². The average Bonchev–Trinajstić information content (AvgIpc) is 2.80. The number of hydrogen-bond acceptors (Lipinski definition) is 5. The van der Waals surface area contributed by atoms with Crippen LogP contribution in [0.4, 0.5) is 5.69 Å². The minimum atomic E-state index is -0.288. The Morgan fingerprint density at radius 1 is 1.06 bits per heavy atom. The SMILES string of the molecule is CCOc1ccc(C(=O)Nc2ccc3c(c2)C(=O)N2CCCCC2CCO3)cc1OCC. The molecule has 2 heterocycles. The van der Waals surface area contributed by atoms with Crippen LogP contribution in [0.5, 0.6) is 17.2 Å². The van der Waals surface area contributed by atoms with Gasteiger partial charge < -0.3 is 24.4 Å². The van der Waals surface area contributed by atoms with Crippen molar-refractivity contribution < 1.29 is 23.8 Å². The molecule has 2 aromatic carbocycles. The maximum atomic E-state index is 13.3. The van der Waals surface area contributed by atoms with Gasteiger partial charge in [0, 0.05) is 30.3 Å². The molecule has 7 heteroatoms. The van der Waals surface area contributed by atoms with Crippen LogP contribution in [-0.2, 0) is 0 Å². The van der Waals surface area contributed by atoms with Crippen LogP contribution >= 0.6 is 0 Å². The van der Waals surface area contributed by atoms with Gasteiger partial charge in [0.1, 0.15) is 5.75 Å². The fourth-order valence-electron chi connectivity index (χ4n) is 4.32. The predicted molar refractivity (Wildman–Crippen MR) is 122 cm³/mol. The van der Waals surface area contributed by atoms with Gasteiger partial charge in [0.05, 0.1) is 25.4 Å². The van der Waals surface area contributed by atoms with Crippen LogP contribution in [0.1, 0.15) is 60.2 Å². The molecule has 0 bridgehead atoms. The normalized spacial score (nSPS) is 17.9. The highest BCUT2D eigenvalue weighted by molar-refractivity contribution is 6.06. The van der Waals surface area contributed by atoms with Crippen molar-refractivity contribution >= 4 is 17.5 Å². The van der Waals surface area contributed by atoms with E-state index in [0.29, 0.717) is 53.9 Å². The standard InChI is InChI=1S/C25H30N2O5/c1-3-30-22-10-8-17(15-23(22)31-4-2)24(28)26-18-9-11-21-20(16-18)25(29)27-13-6-5-7-19(27)12-14-32-21/h8-11,15-16,19H,3-7,12-14H2,1-2H3,(H,26,28). The van der Waals surface area contributed by atoms with E-state index >= 15 is 0 Å². The Morgan fingerprint density at radius 3 is 2.69 bits per heavy atom. The van der Waals surface area contributed by atoms with Crippen LogP contribution < -0.4 is 19.5 Å². The van der Waals surface area contributed by atoms with E-state index in [4.69, 9.17) is 14.2 Å². The Labute approximate surface area is 188 Å². The van der Waals surface area contributed by atoms with Crippen LogP contribution in [0.25, 0.3) is 0 Å². The van der Waals surface area contributed by atoms with Crippen LogP contribution in [0.3, 0.4) is 0 Å². The lowest BCUT2D eigenvalue weighted by atomic mass is 9.97. The summed E-state index contributed by atoms with van der Waals surface area (Å²) < 4.78 is 17.1. The molecule has 7 nitrogen and oxygen atoms in total. The number of rotatable bonds is 6. The monoisotopic (exact) mass is 438 g/mol. The first kappa shape index (κ1) is 22.0. The van der Waals surface area contributed by atoms with Gasteiger partial charge in [0.15, 0.2) is 11.5 Å². The van der Waals surface area contributed by atoms with Crippen LogP contribution in [0, 0.1) is 0 Å². The van der Waals surface area contributed by atoms with Crippen LogP contribution in [0.15, 0.2) is 36.4 Å². The zero-order valence-electron chi connectivity index (χ0n) is 18.7. The molecular weight excluding hydrogens is 408 g/mol. The van der Waals surface area contributed by atoms with Gasteiger partial charge in [-0.2, -0.15) is 0 Å². The lowest BCUT2D eigenvalue weighted by Gasteiger charge is -2.37. The molecule has 0 saturated carbocycles. The van der Waals surface area contributed by atoms with Gasteiger partial charge in [-0.1, -0.05) is 0 Å². The first-order valence-corrected chi connectivity index (χ1v) is 11.4. The van der Waals surface area contributed by atoms with E-state index in [0.717, 1.165) is 32.2 Å². The number of anilines is 1. The fourth-order valence-corrected chi connectivity index (χ4v) is 4.32. The van der Waals surface area contributed by atoms with Crippen LogP contribution in [-0.4, -0.2) is 49.1 Å². The van der Waals surface area contributed by atoms with E-state index in [2.05, 4.69) is 5.32 Å². The van der Waals surface area contributed by atoms with Crippen molar-refractivity contribution in [3.05, 3.63) is 47.5 Å². The van der Waals surface area contributed by atoms with Gasteiger partial charge in [-0.15, -0.1) is 0 Å². The Bertz CT molecular complexity index is 990. The van der Waals surface area contributed by atoms with Gasteiger partial charge in [-0.05, 0) is 69.5 Å². The van der Waals surface area contributed by atoms with Crippen molar-refractivity contribution in [2.75, 3.05) is 31.7 Å². The molecule has 0 aromatic heterocycles. The molecule has 1 atom stereocenters. The molecule has 4 rings (SSSR count). The number of hydrogen-bond donors (Lipinski definition) is 1. The summed E-state index contributed by atoms with van der Waals surface area (Å²) in [4.78, 5) is 28.1. The number of piperidine rings is 1. The molecule has 170 valence electrons. The number of amides is 2. The van der Waals surface area contributed by atoms with Crippen molar-refractivity contribution in [2.45, 2.75) is 45.6 Å². The Balaban J connectivity index is 1.56. The highest BCUT2D eigenvalue weighted by Crippen LogP contribution is 2.32. The molecule has 1 N–H and O–H groups in total. The smallest absolute Gasteiger partial charge is 0.257 e. The zero-order chi connectivity index (χ0) is 22.5. The second-order valence-electron chi connectivity index (χ2n) is 7.98. The quantitative estimate of drug-likeness (QED) is 0.718. The molecular formula is C25H30N2O5. The third kappa shape index (κ3) is 4.66. The minimum absolute atomic E-state index is 0.0276. The molecule has 0 aliphatic carbocycles. The maximum absolute atomic E-state index is 13.3. The summed E-state index contributed by atoms with van der Waals surface area (Å²) in [5.41, 5.74) is 1.49. The second kappa shape index (κ2) is 9.94. The molecule has 2 aliphatic rings. The van der Waals surface area contributed by atoms with Gasteiger partial charge in [0.2, 0.25) is 0 Å². The van der Waals surface area contributed by atoms with E-state index in [1.165, 1.54) is 0 Å². The van der Waals surface area contributed by atoms with Crippen molar-refractivity contribution in [1.82, 2.24) is 4.90 Å². The van der Waals surface area contributed by atoms with Crippen LogP contribution in [0.2, 0.25) is 0 Å². The number of fused-ring (bicyclic) bond motifs is 2. The Kier molecular flexibility index (Phi) is 6.83. The van der Waals surface area contributed by atoms with E-state index in [-0.39, 0.29) is 17.9 Å². The minimum Gasteiger partial charge on any atom is -0.493 e. The number of nitrogens with zero attached hydrogens (tertiary/aromatic N) is 1. The van der Waals surface area contributed by atoms with Crippen molar-refractivity contribution in [3.8, 4) is 17.2 Å². The van der Waals surface area contributed by atoms with Crippen molar-refractivity contribution in [2.24, 2.45) is 0 Å². The van der Waals surface area contributed by atoms with Crippen molar-refractivity contribution in [1.29, 1.82) is 0 Å². The topological polar surface area (TPSA) is 77.1 Å². The summed E-state index contributed by atoms with van der Waals surface area (Å²) in [6.45, 7) is 6.11. The Morgan fingerprint density at radius 2 is 1.88 bits per heavy atom. The highest BCUT2D eigenvalue weighted by Gasteiger charge is 2.31. The summed E-state index contributed by atoms with van der Waals surface area (Å²) in [5, 5.41) is 2.90. The molecule has 1 unspecified atom stereocenters. The highest BCUT2D eigenvalue weighted by atomic mass is 16.5. The third-order valence-electron chi connectivity index (χ3n) is 5.87. The van der Waals surface area contributed by atoms with Gasteiger partial charge in [-0.3, -0.25) is 9.59 Å². The number of carbonyl (C=O) groups excluding carboxylic acids is 2. The molecule has 1 fully saturated rings. The number of benzene rings is 2. The van der Waals surface area contributed by atoms with Gasteiger partial charge in [-0.25, -0.2) is 0 Å². The number of ether oxygens (including phenoxy) is 3. The Hall–Kier alpha value is -3.22. The third-order valence-corrected chi connectivity index (χ3v) is 5.87.